The van der Waals surface area contributed by atoms with Crippen molar-refractivity contribution >= 4 is 0 Å². The van der Waals surface area contributed by atoms with Gasteiger partial charge >= 0.3 is 0 Å². The highest BCUT2D eigenvalue weighted by atomic mass is 16.3. The molecule has 5 fully saturated rings. The summed E-state index contributed by atoms with van der Waals surface area (Å²) in [5.74, 6) is 4.38. The highest BCUT2D eigenvalue weighted by molar-refractivity contribution is 5.16. The summed E-state index contributed by atoms with van der Waals surface area (Å²) >= 11 is 0. The third-order valence-electron chi connectivity index (χ3n) is 12.0. The summed E-state index contributed by atoms with van der Waals surface area (Å²) in [5.41, 5.74) is 1.54. The Hall–Kier alpha value is -0.300. The van der Waals surface area contributed by atoms with Gasteiger partial charge in [-0.25, -0.2) is 0 Å². The number of aliphatic hydroxyl groups is 1. The van der Waals surface area contributed by atoms with Crippen LogP contribution in [0.15, 0.2) is 12.7 Å². The minimum atomic E-state index is -0.104. The van der Waals surface area contributed by atoms with Crippen molar-refractivity contribution in [2.24, 2.45) is 51.2 Å². The summed E-state index contributed by atoms with van der Waals surface area (Å²) in [6, 6.07) is 0. The van der Waals surface area contributed by atoms with Crippen LogP contribution < -0.4 is 0 Å². The quantitative estimate of drug-likeness (QED) is 0.483. The van der Waals surface area contributed by atoms with Gasteiger partial charge in [-0.15, -0.1) is 6.58 Å². The molecule has 0 aromatic heterocycles. The first kappa shape index (κ1) is 19.7. The molecule has 0 aromatic carbocycles. The third kappa shape index (κ3) is 2.29. The summed E-state index contributed by atoms with van der Waals surface area (Å²) in [7, 11) is 0. The van der Waals surface area contributed by atoms with Gasteiger partial charge in [-0.05, 0) is 115 Å². The van der Waals surface area contributed by atoms with E-state index in [4.69, 9.17) is 0 Å². The van der Waals surface area contributed by atoms with E-state index in [0.717, 1.165) is 30.1 Å². The van der Waals surface area contributed by atoms with E-state index in [1.807, 2.05) is 0 Å². The summed E-state index contributed by atoms with van der Waals surface area (Å²) in [4.78, 5) is 0. The number of hydrogen-bond acceptors (Lipinski definition) is 1. The van der Waals surface area contributed by atoms with Crippen molar-refractivity contribution in [3.05, 3.63) is 12.7 Å². The maximum Gasteiger partial charge on any atom is 0.0594 e. The van der Waals surface area contributed by atoms with Crippen LogP contribution in [-0.2, 0) is 0 Å². The van der Waals surface area contributed by atoms with E-state index in [1.165, 1.54) is 64.2 Å². The molecule has 5 rings (SSSR count). The second-order valence-corrected chi connectivity index (χ2v) is 12.9. The van der Waals surface area contributed by atoms with Gasteiger partial charge < -0.3 is 5.11 Å². The first-order valence-electron chi connectivity index (χ1n) is 12.5. The van der Waals surface area contributed by atoms with Crippen LogP contribution in [0.4, 0.5) is 0 Å². The van der Waals surface area contributed by atoms with E-state index in [0.29, 0.717) is 22.2 Å². The summed E-state index contributed by atoms with van der Waals surface area (Å²) < 4.78 is 0. The predicted octanol–water partition coefficient (Wildman–Crippen LogP) is 7.00. The summed E-state index contributed by atoms with van der Waals surface area (Å²) in [6.07, 6.45) is 17.4. The second-order valence-electron chi connectivity index (χ2n) is 12.9. The molecule has 0 aliphatic heterocycles. The van der Waals surface area contributed by atoms with E-state index in [2.05, 4.69) is 40.3 Å². The molecule has 0 spiro atoms. The topological polar surface area (TPSA) is 20.2 Å². The standard InChI is InChI=1S/C27H44O/c1-6-27-14-7-8-20(27)18-9-10-22-25(4,19(18)11-17-27)15-12-21-24(2,3)23(28)13-16-26(21,22)5/h6,18-23,28H,1,7-17H2,2-5H3/t18?,19?,20-,21+,22+,23?,25?,26?,27?/m1/s1. The number of aliphatic hydroxyl groups excluding tert-OH is 1. The lowest BCUT2D eigenvalue weighted by Gasteiger charge is -2.69. The zero-order valence-corrected chi connectivity index (χ0v) is 19.0. The molecule has 5 aliphatic carbocycles. The van der Waals surface area contributed by atoms with E-state index < -0.39 is 0 Å². The molecule has 0 radical (unpaired) electrons. The van der Waals surface area contributed by atoms with Crippen molar-refractivity contribution in [2.45, 2.75) is 104 Å². The minimum Gasteiger partial charge on any atom is -0.393 e. The minimum absolute atomic E-state index is 0.0845. The fourth-order valence-corrected chi connectivity index (χ4v) is 10.6. The number of hydrogen-bond donors (Lipinski definition) is 1. The van der Waals surface area contributed by atoms with Gasteiger partial charge in [0.25, 0.3) is 0 Å². The SMILES string of the molecule is C=CC12CCC[C@@H]1C1CC[C@H]3C(C)(CC[C@H]4C(C)(C)C(O)CCC43C)C1CC2. The highest BCUT2D eigenvalue weighted by Crippen LogP contribution is 2.73. The molecular formula is C27H44O. The molecule has 0 amide bonds. The van der Waals surface area contributed by atoms with Gasteiger partial charge in [0.2, 0.25) is 0 Å². The Labute approximate surface area is 173 Å². The Bertz CT molecular complexity index is 651. The molecule has 6 unspecified atom stereocenters. The van der Waals surface area contributed by atoms with Crippen LogP contribution in [0.3, 0.4) is 0 Å². The number of fused-ring (bicyclic) bond motifs is 7. The number of rotatable bonds is 1. The van der Waals surface area contributed by atoms with Gasteiger partial charge in [0, 0.05) is 0 Å². The molecule has 0 aromatic rings. The van der Waals surface area contributed by atoms with Crippen LogP contribution in [0.25, 0.3) is 0 Å². The Morgan fingerprint density at radius 3 is 2.25 bits per heavy atom. The normalized spacial score (nSPS) is 57.5. The van der Waals surface area contributed by atoms with Gasteiger partial charge in [0.1, 0.15) is 0 Å². The Morgan fingerprint density at radius 2 is 1.50 bits per heavy atom. The molecular weight excluding hydrogens is 340 g/mol. The third-order valence-corrected chi connectivity index (χ3v) is 12.0. The summed E-state index contributed by atoms with van der Waals surface area (Å²) in [6.45, 7) is 14.4. The predicted molar refractivity (Wildman–Crippen MR) is 117 cm³/mol. The van der Waals surface area contributed by atoms with Gasteiger partial charge in [-0.3, -0.25) is 0 Å². The van der Waals surface area contributed by atoms with Gasteiger partial charge in [-0.1, -0.05) is 40.2 Å². The Morgan fingerprint density at radius 1 is 0.750 bits per heavy atom. The molecule has 28 heavy (non-hydrogen) atoms. The maximum atomic E-state index is 10.8. The molecule has 1 nitrogen and oxygen atoms in total. The van der Waals surface area contributed by atoms with Gasteiger partial charge in [-0.2, -0.15) is 0 Å². The van der Waals surface area contributed by atoms with Crippen molar-refractivity contribution in [1.29, 1.82) is 0 Å². The van der Waals surface area contributed by atoms with Gasteiger partial charge in [0.05, 0.1) is 6.10 Å². The number of allylic oxidation sites excluding steroid dienone is 1. The average molecular weight is 385 g/mol. The highest BCUT2D eigenvalue weighted by Gasteiger charge is 2.65. The maximum absolute atomic E-state index is 10.8. The van der Waals surface area contributed by atoms with Crippen molar-refractivity contribution in [1.82, 2.24) is 0 Å². The zero-order chi connectivity index (χ0) is 19.9. The van der Waals surface area contributed by atoms with Crippen LogP contribution in [0, 0.1) is 51.2 Å². The van der Waals surface area contributed by atoms with E-state index in [-0.39, 0.29) is 11.5 Å². The molecule has 5 aliphatic rings. The lowest BCUT2D eigenvalue weighted by atomic mass is 9.36. The van der Waals surface area contributed by atoms with E-state index >= 15 is 0 Å². The first-order valence-corrected chi connectivity index (χ1v) is 12.5. The van der Waals surface area contributed by atoms with Crippen molar-refractivity contribution < 1.29 is 5.11 Å². The molecule has 158 valence electrons. The van der Waals surface area contributed by atoms with E-state index in [9.17, 15) is 5.11 Å². The molecule has 1 N–H and O–H groups in total. The van der Waals surface area contributed by atoms with Gasteiger partial charge in [0.15, 0.2) is 0 Å². The van der Waals surface area contributed by atoms with Crippen LogP contribution in [0.5, 0.6) is 0 Å². The lowest BCUT2D eigenvalue weighted by molar-refractivity contribution is -0.212. The summed E-state index contributed by atoms with van der Waals surface area (Å²) in [5, 5.41) is 10.8. The van der Waals surface area contributed by atoms with Crippen LogP contribution in [-0.4, -0.2) is 11.2 Å². The van der Waals surface area contributed by atoms with Crippen molar-refractivity contribution in [2.75, 3.05) is 0 Å². The molecule has 0 heterocycles. The lowest BCUT2D eigenvalue weighted by Crippen LogP contribution is -2.63. The fourth-order valence-electron chi connectivity index (χ4n) is 10.6. The van der Waals surface area contributed by atoms with Crippen molar-refractivity contribution in [3.63, 3.8) is 0 Å². The molecule has 9 atom stereocenters. The Balaban J connectivity index is 1.48. The fraction of sp³-hybridized carbons (Fsp3) is 0.926. The molecule has 0 saturated heterocycles. The van der Waals surface area contributed by atoms with Crippen LogP contribution in [0.2, 0.25) is 0 Å². The average Bonchev–Trinajstić information content (AvgIpc) is 3.10. The monoisotopic (exact) mass is 384 g/mol. The molecule has 5 saturated carbocycles. The largest absolute Gasteiger partial charge is 0.393 e. The van der Waals surface area contributed by atoms with Crippen molar-refractivity contribution in [3.8, 4) is 0 Å². The van der Waals surface area contributed by atoms with E-state index in [1.54, 1.807) is 0 Å². The smallest absolute Gasteiger partial charge is 0.0594 e. The Kier molecular flexibility index (Phi) is 4.29. The first-order chi connectivity index (χ1) is 13.2. The van der Waals surface area contributed by atoms with Crippen LogP contribution in [0.1, 0.15) is 98.3 Å². The van der Waals surface area contributed by atoms with Crippen LogP contribution >= 0.6 is 0 Å². The molecule has 1 heteroatoms. The zero-order valence-electron chi connectivity index (χ0n) is 19.0. The molecule has 0 bridgehead atoms. The second kappa shape index (κ2) is 6.12.